The molecule has 3 aliphatic rings. The second kappa shape index (κ2) is 6.66. The predicted octanol–water partition coefficient (Wildman–Crippen LogP) is 3.27. The fraction of sp³-hybridized carbons (Fsp3) is 0.391. The van der Waals surface area contributed by atoms with Gasteiger partial charge in [-0.05, 0) is 86.1 Å². The van der Waals surface area contributed by atoms with Crippen LogP contribution in [0.1, 0.15) is 47.2 Å². The molecule has 0 aromatic heterocycles. The zero-order valence-corrected chi connectivity index (χ0v) is 16.4. The number of carbonyl (C=O) groups is 2. The van der Waals surface area contributed by atoms with E-state index in [0.717, 1.165) is 55.6 Å². The topological polar surface area (TPSA) is 70.2 Å². The smallest absolute Gasteiger partial charge is 0.251 e. The maximum atomic E-state index is 14.6. The first kappa shape index (κ1) is 18.3. The van der Waals surface area contributed by atoms with Crippen LogP contribution in [0.15, 0.2) is 30.3 Å². The fourth-order valence-corrected chi connectivity index (χ4v) is 4.55. The van der Waals surface area contributed by atoms with Crippen molar-refractivity contribution >= 4 is 17.5 Å². The van der Waals surface area contributed by atoms with Crippen LogP contribution in [-0.2, 0) is 10.2 Å². The lowest BCUT2D eigenvalue weighted by molar-refractivity contribution is -0.121. The minimum absolute atomic E-state index is 0.0478. The Labute approximate surface area is 169 Å². The minimum Gasteiger partial charge on any atom is -0.349 e. The van der Waals surface area contributed by atoms with E-state index in [2.05, 4.69) is 16.0 Å². The summed E-state index contributed by atoms with van der Waals surface area (Å²) in [5, 5.41) is 9.26. The first-order valence-electron chi connectivity index (χ1n) is 10.3. The van der Waals surface area contributed by atoms with Gasteiger partial charge in [-0.3, -0.25) is 9.59 Å². The van der Waals surface area contributed by atoms with Crippen molar-refractivity contribution in [3.8, 4) is 11.1 Å². The molecule has 0 radical (unpaired) electrons. The zero-order chi connectivity index (χ0) is 20.2. The van der Waals surface area contributed by atoms with Gasteiger partial charge in [-0.25, -0.2) is 4.39 Å². The van der Waals surface area contributed by atoms with E-state index in [9.17, 15) is 14.0 Å². The van der Waals surface area contributed by atoms with E-state index >= 15 is 0 Å². The molecular formula is C23H24FN3O2. The lowest BCUT2D eigenvalue weighted by Gasteiger charge is -2.32. The number of rotatable bonds is 3. The first-order valence-corrected chi connectivity index (χ1v) is 10.3. The Hall–Kier alpha value is -2.73. The molecule has 2 aromatic carbocycles. The van der Waals surface area contributed by atoms with Crippen molar-refractivity contribution in [1.29, 1.82) is 0 Å². The Morgan fingerprint density at radius 3 is 2.66 bits per heavy atom. The maximum Gasteiger partial charge on any atom is 0.251 e. The van der Waals surface area contributed by atoms with E-state index < -0.39 is 11.2 Å². The minimum atomic E-state index is -0.467. The molecule has 29 heavy (non-hydrogen) atoms. The Morgan fingerprint density at radius 2 is 1.93 bits per heavy atom. The molecule has 5 rings (SSSR count). The molecule has 150 valence electrons. The summed E-state index contributed by atoms with van der Waals surface area (Å²) in [6.45, 7) is 3.35. The predicted molar refractivity (Wildman–Crippen MR) is 109 cm³/mol. The number of nitrogens with one attached hydrogen (secondary N) is 3. The van der Waals surface area contributed by atoms with Crippen molar-refractivity contribution in [2.24, 2.45) is 0 Å². The van der Waals surface area contributed by atoms with Gasteiger partial charge < -0.3 is 16.0 Å². The lowest BCUT2D eigenvalue weighted by atomic mass is 9.74. The standard InChI is InChI=1S/C23H24FN3O2/c1-13-17(10-15(11-19(13)24)21(28)26-16-3-4-16)14-2-5-18-20(12-14)27-22(29)23(18)6-8-25-9-7-23/h2,5,10-12,16,25H,3-4,6-9H2,1H3,(H,26,28)(H,27,29). The van der Waals surface area contributed by atoms with E-state index in [1.807, 2.05) is 18.2 Å². The highest BCUT2D eigenvalue weighted by Crippen LogP contribution is 2.45. The molecule has 5 nitrogen and oxygen atoms in total. The average Bonchev–Trinajstić information content (AvgIpc) is 3.50. The molecule has 2 aliphatic heterocycles. The van der Waals surface area contributed by atoms with Crippen LogP contribution in [0.5, 0.6) is 0 Å². The summed E-state index contributed by atoms with van der Waals surface area (Å²) in [4.78, 5) is 25.2. The van der Waals surface area contributed by atoms with Crippen LogP contribution in [0.3, 0.4) is 0 Å². The van der Waals surface area contributed by atoms with Crippen LogP contribution in [0.2, 0.25) is 0 Å². The monoisotopic (exact) mass is 393 g/mol. The molecule has 2 aromatic rings. The summed E-state index contributed by atoms with van der Waals surface area (Å²) in [6.07, 6.45) is 3.51. The summed E-state index contributed by atoms with van der Waals surface area (Å²) in [6, 6.07) is 9.10. The molecule has 1 aliphatic carbocycles. The largest absolute Gasteiger partial charge is 0.349 e. The highest BCUT2D eigenvalue weighted by atomic mass is 19.1. The van der Waals surface area contributed by atoms with Crippen molar-refractivity contribution in [3.05, 3.63) is 52.8 Å². The van der Waals surface area contributed by atoms with Gasteiger partial charge in [-0.2, -0.15) is 0 Å². The second-order valence-corrected chi connectivity index (χ2v) is 8.42. The van der Waals surface area contributed by atoms with Crippen molar-refractivity contribution < 1.29 is 14.0 Å². The Kier molecular flexibility index (Phi) is 4.21. The molecule has 1 spiro atoms. The summed E-state index contributed by atoms with van der Waals surface area (Å²) in [5.41, 5.74) is 3.64. The van der Waals surface area contributed by atoms with Crippen LogP contribution >= 0.6 is 0 Å². The van der Waals surface area contributed by atoms with Crippen LogP contribution in [0.25, 0.3) is 11.1 Å². The number of hydrogen-bond acceptors (Lipinski definition) is 3. The van der Waals surface area contributed by atoms with Gasteiger partial charge in [0.15, 0.2) is 0 Å². The maximum absolute atomic E-state index is 14.6. The van der Waals surface area contributed by atoms with Gasteiger partial charge in [0.05, 0.1) is 5.41 Å². The quantitative estimate of drug-likeness (QED) is 0.750. The number of amides is 2. The molecule has 3 N–H and O–H groups in total. The third kappa shape index (κ3) is 3.02. The van der Waals surface area contributed by atoms with Gasteiger partial charge in [0.1, 0.15) is 5.82 Å². The molecule has 2 fully saturated rings. The van der Waals surface area contributed by atoms with E-state index in [0.29, 0.717) is 16.7 Å². The molecular weight excluding hydrogens is 369 g/mol. The van der Waals surface area contributed by atoms with Crippen LogP contribution in [0.4, 0.5) is 10.1 Å². The molecule has 6 heteroatoms. The van der Waals surface area contributed by atoms with Crippen molar-refractivity contribution in [1.82, 2.24) is 10.6 Å². The first-order chi connectivity index (χ1) is 14.0. The SMILES string of the molecule is Cc1c(F)cc(C(=O)NC2CC2)cc1-c1ccc2c(c1)NC(=O)C21CCNCC1. The number of benzene rings is 2. The fourth-order valence-electron chi connectivity index (χ4n) is 4.55. The van der Waals surface area contributed by atoms with Crippen LogP contribution < -0.4 is 16.0 Å². The van der Waals surface area contributed by atoms with Gasteiger partial charge in [-0.15, -0.1) is 0 Å². The Bertz CT molecular complexity index is 1020. The molecule has 1 saturated heterocycles. The van der Waals surface area contributed by atoms with E-state index in [1.165, 1.54) is 6.07 Å². The second-order valence-electron chi connectivity index (χ2n) is 8.42. The molecule has 0 unspecified atom stereocenters. The van der Waals surface area contributed by atoms with Crippen LogP contribution in [-0.4, -0.2) is 30.9 Å². The summed E-state index contributed by atoms with van der Waals surface area (Å²) < 4.78 is 14.6. The highest BCUT2D eigenvalue weighted by molar-refractivity contribution is 6.07. The lowest BCUT2D eigenvalue weighted by Crippen LogP contribution is -2.44. The summed E-state index contributed by atoms with van der Waals surface area (Å²) >= 11 is 0. The van der Waals surface area contributed by atoms with Gasteiger partial charge in [-0.1, -0.05) is 12.1 Å². The summed E-state index contributed by atoms with van der Waals surface area (Å²) in [5.74, 6) is -0.592. The molecule has 0 bridgehead atoms. The van der Waals surface area contributed by atoms with Crippen molar-refractivity contribution in [2.75, 3.05) is 18.4 Å². The zero-order valence-electron chi connectivity index (χ0n) is 16.4. The Morgan fingerprint density at radius 1 is 1.17 bits per heavy atom. The van der Waals surface area contributed by atoms with E-state index in [4.69, 9.17) is 0 Å². The highest BCUT2D eigenvalue weighted by Gasteiger charge is 2.47. The average molecular weight is 393 g/mol. The van der Waals surface area contributed by atoms with E-state index in [1.54, 1.807) is 13.0 Å². The van der Waals surface area contributed by atoms with Crippen molar-refractivity contribution in [2.45, 2.75) is 44.1 Å². The van der Waals surface area contributed by atoms with Gasteiger partial charge >= 0.3 is 0 Å². The van der Waals surface area contributed by atoms with Gasteiger partial charge in [0.2, 0.25) is 5.91 Å². The number of piperidine rings is 1. The number of fused-ring (bicyclic) bond motifs is 2. The number of hydrogen-bond donors (Lipinski definition) is 3. The molecule has 1 saturated carbocycles. The normalized spacial score (nSPS) is 19.7. The number of anilines is 1. The molecule has 2 heterocycles. The van der Waals surface area contributed by atoms with Crippen LogP contribution in [0, 0.1) is 12.7 Å². The van der Waals surface area contributed by atoms with Gasteiger partial charge in [0.25, 0.3) is 5.91 Å². The molecule has 0 atom stereocenters. The number of carbonyl (C=O) groups excluding carboxylic acids is 2. The molecule has 2 amide bonds. The van der Waals surface area contributed by atoms with E-state index in [-0.39, 0.29) is 17.9 Å². The third-order valence-corrected chi connectivity index (χ3v) is 6.51. The summed E-state index contributed by atoms with van der Waals surface area (Å²) in [7, 11) is 0. The third-order valence-electron chi connectivity index (χ3n) is 6.51. The number of halogens is 1. The van der Waals surface area contributed by atoms with Crippen molar-refractivity contribution in [3.63, 3.8) is 0 Å². The Balaban J connectivity index is 1.54. The van der Waals surface area contributed by atoms with Gasteiger partial charge in [0, 0.05) is 17.3 Å².